The van der Waals surface area contributed by atoms with Gasteiger partial charge in [0.25, 0.3) is 0 Å². The molecule has 6 heteroatoms. The number of benzene rings is 2. The molecule has 0 spiro atoms. The zero-order valence-electron chi connectivity index (χ0n) is 13.6. The predicted octanol–water partition coefficient (Wildman–Crippen LogP) is 2.78. The molecule has 0 amide bonds. The number of fused-ring (bicyclic) bond motifs is 3. The highest BCUT2D eigenvalue weighted by molar-refractivity contribution is 5.83. The molecule has 6 nitrogen and oxygen atoms in total. The van der Waals surface area contributed by atoms with Crippen LogP contribution >= 0.6 is 0 Å². The van der Waals surface area contributed by atoms with Crippen LogP contribution in [0.15, 0.2) is 41.4 Å². The minimum absolute atomic E-state index is 0.00988. The summed E-state index contributed by atoms with van der Waals surface area (Å²) in [6.45, 7) is 2.36. The van der Waals surface area contributed by atoms with Gasteiger partial charge >= 0.3 is 0 Å². The van der Waals surface area contributed by atoms with E-state index in [2.05, 4.69) is 39.2 Å². The van der Waals surface area contributed by atoms with Crippen molar-refractivity contribution in [2.75, 3.05) is 0 Å². The highest BCUT2D eigenvalue weighted by atomic mass is 16.3. The number of aryl methyl sites for hydroxylation is 1. The van der Waals surface area contributed by atoms with Crippen molar-refractivity contribution in [2.45, 2.75) is 19.9 Å². The predicted molar refractivity (Wildman–Crippen MR) is 93.9 cm³/mol. The van der Waals surface area contributed by atoms with Crippen molar-refractivity contribution in [3.8, 4) is 22.8 Å². The maximum atomic E-state index is 9.75. The van der Waals surface area contributed by atoms with Crippen LogP contribution in [0.2, 0.25) is 0 Å². The Labute approximate surface area is 144 Å². The zero-order chi connectivity index (χ0) is 17.4. The van der Waals surface area contributed by atoms with Crippen LogP contribution in [-0.2, 0) is 13.0 Å². The lowest BCUT2D eigenvalue weighted by molar-refractivity contribution is 0.450. The van der Waals surface area contributed by atoms with E-state index in [0.29, 0.717) is 11.4 Å². The molecule has 0 bridgehead atoms. The molecule has 3 aromatic rings. The van der Waals surface area contributed by atoms with E-state index in [0.717, 1.165) is 23.4 Å². The Bertz CT molecular complexity index is 999. The molecule has 1 aromatic heterocycles. The van der Waals surface area contributed by atoms with Crippen LogP contribution in [0, 0.1) is 6.92 Å². The minimum atomic E-state index is -0.0253. The summed E-state index contributed by atoms with van der Waals surface area (Å²) in [5, 5.41) is 27.5. The van der Waals surface area contributed by atoms with Gasteiger partial charge in [0.15, 0.2) is 5.82 Å². The molecule has 25 heavy (non-hydrogen) atoms. The van der Waals surface area contributed by atoms with Gasteiger partial charge in [-0.15, -0.1) is 10.2 Å². The van der Waals surface area contributed by atoms with Crippen LogP contribution in [0.3, 0.4) is 0 Å². The first-order chi connectivity index (χ1) is 12.1. The molecule has 2 aromatic carbocycles. The maximum absolute atomic E-state index is 9.75. The van der Waals surface area contributed by atoms with E-state index in [9.17, 15) is 10.2 Å². The van der Waals surface area contributed by atoms with Gasteiger partial charge in [0.05, 0.1) is 5.69 Å². The molecule has 0 fully saturated rings. The Kier molecular flexibility index (Phi) is 3.65. The number of aromatic nitrogens is 3. The Morgan fingerprint density at radius 3 is 2.88 bits per heavy atom. The summed E-state index contributed by atoms with van der Waals surface area (Å²) in [5.41, 5.74) is 5.90. The van der Waals surface area contributed by atoms with Crippen molar-refractivity contribution in [2.24, 2.45) is 4.99 Å². The van der Waals surface area contributed by atoms with E-state index in [4.69, 9.17) is 0 Å². The summed E-state index contributed by atoms with van der Waals surface area (Å²) in [5.74, 6) is 0.525. The summed E-state index contributed by atoms with van der Waals surface area (Å²) in [7, 11) is 0. The summed E-state index contributed by atoms with van der Waals surface area (Å²) in [4.78, 5) is 8.85. The lowest BCUT2D eigenvalue weighted by Gasteiger charge is -2.01. The van der Waals surface area contributed by atoms with Gasteiger partial charge in [-0.05, 0) is 30.2 Å². The van der Waals surface area contributed by atoms with Crippen molar-refractivity contribution in [3.05, 3.63) is 64.6 Å². The normalized spacial score (nSPS) is 12.4. The van der Waals surface area contributed by atoms with E-state index in [1.807, 2.05) is 6.07 Å². The topological polar surface area (TPSA) is 91.5 Å². The van der Waals surface area contributed by atoms with E-state index in [1.165, 1.54) is 29.5 Å². The minimum Gasteiger partial charge on any atom is -0.508 e. The fourth-order valence-electron chi connectivity index (χ4n) is 2.99. The maximum Gasteiger partial charge on any atom is 0.172 e. The van der Waals surface area contributed by atoms with Gasteiger partial charge < -0.3 is 10.2 Å². The van der Waals surface area contributed by atoms with Crippen molar-refractivity contribution >= 4 is 6.21 Å². The Morgan fingerprint density at radius 1 is 1.16 bits per heavy atom. The molecule has 0 radical (unpaired) electrons. The summed E-state index contributed by atoms with van der Waals surface area (Å²) >= 11 is 0. The number of aromatic hydroxyl groups is 2. The molecule has 0 unspecified atom stereocenters. The average molecular weight is 332 g/mol. The number of rotatable bonds is 3. The molecular weight excluding hydrogens is 316 g/mol. The quantitative estimate of drug-likeness (QED) is 0.563. The Morgan fingerprint density at radius 2 is 2.04 bits per heavy atom. The second-order valence-corrected chi connectivity index (χ2v) is 6.01. The SMILES string of the molecule is Cc1cccc2c1Cc1nc(CN=Cc3ccc(O)cc3O)nnc1-2. The van der Waals surface area contributed by atoms with Crippen LogP contribution < -0.4 is 0 Å². The average Bonchev–Trinajstić information content (AvgIpc) is 2.96. The molecule has 0 saturated carbocycles. The number of phenols is 2. The summed E-state index contributed by atoms with van der Waals surface area (Å²) in [6, 6.07) is 10.5. The highest BCUT2D eigenvalue weighted by Gasteiger charge is 2.23. The molecule has 1 aliphatic carbocycles. The fourth-order valence-corrected chi connectivity index (χ4v) is 2.99. The highest BCUT2D eigenvalue weighted by Crippen LogP contribution is 2.35. The Balaban J connectivity index is 1.54. The molecular formula is C19H16N4O2. The van der Waals surface area contributed by atoms with E-state index in [-0.39, 0.29) is 18.0 Å². The molecule has 1 aliphatic rings. The summed E-state index contributed by atoms with van der Waals surface area (Å²) < 4.78 is 0. The van der Waals surface area contributed by atoms with Crippen molar-refractivity contribution in [3.63, 3.8) is 0 Å². The third kappa shape index (κ3) is 2.82. The molecule has 4 rings (SSSR count). The third-order valence-corrected chi connectivity index (χ3v) is 4.29. The van der Waals surface area contributed by atoms with Crippen LogP contribution in [0.1, 0.15) is 28.2 Å². The second kappa shape index (κ2) is 5.98. The van der Waals surface area contributed by atoms with Gasteiger partial charge in [-0.3, -0.25) is 4.99 Å². The van der Waals surface area contributed by atoms with Gasteiger partial charge in [0.1, 0.15) is 23.7 Å². The number of nitrogens with zero attached hydrogens (tertiary/aromatic N) is 4. The van der Waals surface area contributed by atoms with Crippen LogP contribution in [0.4, 0.5) is 0 Å². The van der Waals surface area contributed by atoms with Gasteiger partial charge in [-0.25, -0.2) is 4.98 Å². The first-order valence-corrected chi connectivity index (χ1v) is 7.95. The monoisotopic (exact) mass is 332 g/mol. The van der Waals surface area contributed by atoms with E-state index < -0.39 is 0 Å². The van der Waals surface area contributed by atoms with Gasteiger partial charge in [-0.2, -0.15) is 0 Å². The lowest BCUT2D eigenvalue weighted by atomic mass is 10.0. The molecule has 2 N–H and O–H groups in total. The standard InChI is InChI=1S/C19H16N4O2/c1-11-3-2-4-14-15(11)8-16-19(14)23-22-18(21-16)10-20-9-12-5-6-13(24)7-17(12)25/h2-7,9,24-25H,8,10H2,1H3. The second-order valence-electron chi connectivity index (χ2n) is 6.01. The van der Waals surface area contributed by atoms with Crippen molar-refractivity contribution < 1.29 is 10.2 Å². The van der Waals surface area contributed by atoms with Crippen LogP contribution in [0.5, 0.6) is 11.5 Å². The largest absolute Gasteiger partial charge is 0.508 e. The number of hydrogen-bond acceptors (Lipinski definition) is 6. The van der Waals surface area contributed by atoms with Crippen LogP contribution in [0.25, 0.3) is 11.3 Å². The smallest absolute Gasteiger partial charge is 0.172 e. The molecule has 124 valence electrons. The number of phenolic OH excluding ortho intramolecular Hbond substituents is 2. The lowest BCUT2D eigenvalue weighted by Crippen LogP contribution is -2.01. The van der Waals surface area contributed by atoms with Crippen molar-refractivity contribution in [1.29, 1.82) is 0 Å². The summed E-state index contributed by atoms with van der Waals surface area (Å²) in [6.07, 6.45) is 2.30. The van der Waals surface area contributed by atoms with Gasteiger partial charge in [0, 0.05) is 29.8 Å². The number of hydrogen-bond donors (Lipinski definition) is 2. The van der Waals surface area contributed by atoms with Crippen molar-refractivity contribution in [1.82, 2.24) is 15.2 Å². The molecule has 0 saturated heterocycles. The fraction of sp³-hybridized carbons (Fsp3) is 0.158. The molecule has 1 heterocycles. The van der Waals surface area contributed by atoms with Gasteiger partial charge in [-0.1, -0.05) is 18.2 Å². The van der Waals surface area contributed by atoms with Gasteiger partial charge in [0.2, 0.25) is 0 Å². The molecule has 0 atom stereocenters. The number of aliphatic imine (C=N–C) groups is 1. The zero-order valence-corrected chi connectivity index (χ0v) is 13.6. The Hall–Kier alpha value is -3.28. The first-order valence-electron chi connectivity index (χ1n) is 7.95. The van der Waals surface area contributed by atoms with Crippen LogP contribution in [-0.4, -0.2) is 31.6 Å². The van der Waals surface area contributed by atoms with E-state index >= 15 is 0 Å². The third-order valence-electron chi connectivity index (χ3n) is 4.29. The van der Waals surface area contributed by atoms with E-state index in [1.54, 1.807) is 6.07 Å². The first kappa shape index (κ1) is 15.3. The molecule has 0 aliphatic heterocycles.